The summed E-state index contributed by atoms with van der Waals surface area (Å²) in [5.74, 6) is 1.11. The number of amides is 1. The summed E-state index contributed by atoms with van der Waals surface area (Å²) < 4.78 is 10.5. The van der Waals surface area contributed by atoms with E-state index in [2.05, 4.69) is 17.2 Å². The third-order valence-corrected chi connectivity index (χ3v) is 4.84. The van der Waals surface area contributed by atoms with Crippen LogP contribution in [0.1, 0.15) is 18.1 Å². The molecular weight excluding hydrogens is 348 g/mol. The van der Waals surface area contributed by atoms with Crippen molar-refractivity contribution in [1.82, 2.24) is 5.32 Å². The highest BCUT2D eigenvalue weighted by Gasteiger charge is 2.24. The van der Waals surface area contributed by atoms with Crippen molar-refractivity contribution in [2.45, 2.75) is 13.3 Å². The fraction of sp³-hybridized carbons (Fsp3) is 0.200. The summed E-state index contributed by atoms with van der Waals surface area (Å²) in [7, 11) is 3.17. The molecule has 1 aliphatic heterocycles. The van der Waals surface area contributed by atoms with Crippen LogP contribution in [0.25, 0.3) is 6.08 Å². The molecule has 6 heteroatoms. The highest BCUT2D eigenvalue weighted by molar-refractivity contribution is 8.18. The van der Waals surface area contributed by atoms with Crippen LogP contribution in [-0.2, 0) is 11.2 Å². The molecule has 1 amide bonds. The maximum Gasteiger partial charge on any atom is 0.264 e. The van der Waals surface area contributed by atoms with Crippen molar-refractivity contribution in [3.05, 3.63) is 58.5 Å². The molecule has 1 heterocycles. The SMILES string of the molecule is CCc1ccc(N=C2NC(=O)C(=Cc3ccc(OC)c(OC)c3)S2)cc1. The summed E-state index contributed by atoms with van der Waals surface area (Å²) in [6.07, 6.45) is 2.80. The number of hydrogen-bond donors (Lipinski definition) is 1. The number of aliphatic imine (C=N–C) groups is 1. The topological polar surface area (TPSA) is 59.9 Å². The zero-order chi connectivity index (χ0) is 18.5. The van der Waals surface area contributed by atoms with Gasteiger partial charge in [-0.1, -0.05) is 25.1 Å². The van der Waals surface area contributed by atoms with Gasteiger partial charge in [-0.05, 0) is 59.7 Å². The lowest BCUT2D eigenvalue weighted by Gasteiger charge is -2.07. The monoisotopic (exact) mass is 368 g/mol. The third kappa shape index (κ3) is 4.08. The molecule has 0 atom stereocenters. The second-order valence-electron chi connectivity index (χ2n) is 5.62. The Hall–Kier alpha value is -2.73. The number of carbonyl (C=O) groups excluding carboxylic acids is 1. The van der Waals surface area contributed by atoms with E-state index in [1.165, 1.54) is 17.3 Å². The van der Waals surface area contributed by atoms with Crippen LogP contribution in [0.3, 0.4) is 0 Å². The van der Waals surface area contributed by atoms with E-state index in [-0.39, 0.29) is 5.91 Å². The van der Waals surface area contributed by atoms with Gasteiger partial charge < -0.3 is 14.8 Å². The van der Waals surface area contributed by atoms with Crippen molar-refractivity contribution >= 4 is 34.6 Å². The summed E-state index contributed by atoms with van der Waals surface area (Å²) in [6.45, 7) is 2.11. The van der Waals surface area contributed by atoms with E-state index in [4.69, 9.17) is 9.47 Å². The maximum atomic E-state index is 12.2. The van der Waals surface area contributed by atoms with E-state index in [1.54, 1.807) is 14.2 Å². The molecule has 1 aliphatic rings. The van der Waals surface area contributed by atoms with E-state index in [0.717, 1.165) is 17.7 Å². The van der Waals surface area contributed by atoms with E-state index < -0.39 is 0 Å². The van der Waals surface area contributed by atoms with Gasteiger partial charge in [0.25, 0.3) is 5.91 Å². The fourth-order valence-electron chi connectivity index (χ4n) is 2.50. The Labute approximate surface area is 157 Å². The highest BCUT2D eigenvalue weighted by Crippen LogP contribution is 2.32. The molecule has 5 nitrogen and oxygen atoms in total. The standard InChI is InChI=1S/C20H20N2O3S/c1-4-13-5-8-15(9-6-13)21-20-22-19(23)18(26-20)12-14-7-10-16(24-2)17(11-14)25-3/h5-12H,4H2,1-3H3,(H,21,22,23). The Morgan fingerprint density at radius 3 is 2.46 bits per heavy atom. The molecule has 0 aliphatic carbocycles. The molecule has 0 radical (unpaired) electrons. The van der Waals surface area contributed by atoms with E-state index in [0.29, 0.717) is 21.6 Å². The Kier molecular flexibility index (Phi) is 5.63. The van der Waals surface area contributed by atoms with Gasteiger partial charge in [0.05, 0.1) is 24.8 Å². The van der Waals surface area contributed by atoms with Gasteiger partial charge in [-0.15, -0.1) is 0 Å². The summed E-state index contributed by atoms with van der Waals surface area (Å²) in [5, 5.41) is 3.38. The molecule has 1 saturated heterocycles. The number of thioether (sulfide) groups is 1. The maximum absolute atomic E-state index is 12.2. The van der Waals surface area contributed by atoms with Crippen LogP contribution in [0, 0.1) is 0 Å². The minimum Gasteiger partial charge on any atom is -0.493 e. The van der Waals surface area contributed by atoms with Gasteiger partial charge >= 0.3 is 0 Å². The number of aryl methyl sites for hydroxylation is 1. The molecule has 1 fully saturated rings. The average Bonchev–Trinajstić information content (AvgIpc) is 3.01. The zero-order valence-electron chi connectivity index (χ0n) is 14.9. The first kappa shape index (κ1) is 18.1. The molecular formula is C20H20N2O3S. The van der Waals surface area contributed by atoms with Gasteiger partial charge in [0.15, 0.2) is 16.7 Å². The third-order valence-electron chi connectivity index (χ3n) is 3.93. The first-order valence-corrected chi connectivity index (χ1v) is 9.05. The van der Waals surface area contributed by atoms with Crippen LogP contribution in [0.4, 0.5) is 5.69 Å². The second-order valence-corrected chi connectivity index (χ2v) is 6.65. The Balaban J connectivity index is 1.80. The quantitative estimate of drug-likeness (QED) is 0.805. The van der Waals surface area contributed by atoms with Crippen LogP contribution < -0.4 is 14.8 Å². The molecule has 134 valence electrons. The highest BCUT2D eigenvalue weighted by atomic mass is 32.2. The van der Waals surface area contributed by atoms with Crippen molar-refractivity contribution in [3.63, 3.8) is 0 Å². The van der Waals surface area contributed by atoms with Crippen LogP contribution >= 0.6 is 11.8 Å². The molecule has 1 N–H and O–H groups in total. The van der Waals surface area contributed by atoms with Crippen molar-refractivity contribution in [2.75, 3.05) is 14.2 Å². The molecule has 2 aromatic carbocycles. The number of rotatable bonds is 5. The molecule has 0 bridgehead atoms. The van der Waals surface area contributed by atoms with Crippen LogP contribution in [-0.4, -0.2) is 25.3 Å². The smallest absolute Gasteiger partial charge is 0.264 e. The predicted molar refractivity (Wildman–Crippen MR) is 106 cm³/mol. The Bertz CT molecular complexity index is 873. The number of hydrogen-bond acceptors (Lipinski definition) is 5. The molecule has 0 spiro atoms. The predicted octanol–water partition coefficient (Wildman–Crippen LogP) is 4.16. The number of nitrogens with zero attached hydrogens (tertiary/aromatic N) is 1. The minimum atomic E-state index is -0.159. The number of ether oxygens (including phenoxy) is 2. The minimum absolute atomic E-state index is 0.159. The average molecular weight is 368 g/mol. The Morgan fingerprint density at radius 2 is 1.81 bits per heavy atom. The van der Waals surface area contributed by atoms with Gasteiger partial charge in [-0.25, -0.2) is 4.99 Å². The van der Waals surface area contributed by atoms with Crippen molar-refractivity contribution in [2.24, 2.45) is 4.99 Å². The number of methoxy groups -OCH3 is 2. The molecule has 0 aromatic heterocycles. The molecule has 0 unspecified atom stereocenters. The van der Waals surface area contributed by atoms with Gasteiger partial charge in [-0.2, -0.15) is 0 Å². The summed E-state index contributed by atoms with van der Waals surface area (Å²) in [4.78, 5) is 17.3. The van der Waals surface area contributed by atoms with E-state index >= 15 is 0 Å². The number of nitrogens with one attached hydrogen (secondary N) is 1. The second kappa shape index (κ2) is 8.10. The van der Waals surface area contributed by atoms with Gasteiger partial charge in [0, 0.05) is 0 Å². The fourth-order valence-corrected chi connectivity index (χ4v) is 3.34. The number of benzene rings is 2. The summed E-state index contributed by atoms with van der Waals surface area (Å²) >= 11 is 1.32. The summed E-state index contributed by atoms with van der Waals surface area (Å²) in [5.41, 5.74) is 2.93. The lowest BCUT2D eigenvalue weighted by atomic mass is 10.2. The van der Waals surface area contributed by atoms with Crippen LogP contribution in [0.5, 0.6) is 11.5 Å². The molecule has 26 heavy (non-hydrogen) atoms. The summed E-state index contributed by atoms with van der Waals surface area (Å²) in [6, 6.07) is 13.5. The lowest BCUT2D eigenvalue weighted by Crippen LogP contribution is -2.19. The number of amidine groups is 1. The largest absolute Gasteiger partial charge is 0.493 e. The lowest BCUT2D eigenvalue weighted by molar-refractivity contribution is -0.115. The van der Waals surface area contributed by atoms with Crippen LogP contribution in [0.2, 0.25) is 0 Å². The van der Waals surface area contributed by atoms with Gasteiger partial charge in [0.1, 0.15) is 0 Å². The molecule has 2 aromatic rings. The van der Waals surface area contributed by atoms with Crippen LogP contribution in [0.15, 0.2) is 52.4 Å². The normalized spacial score (nSPS) is 16.8. The van der Waals surface area contributed by atoms with Crippen molar-refractivity contribution in [1.29, 1.82) is 0 Å². The van der Waals surface area contributed by atoms with Gasteiger partial charge in [0.2, 0.25) is 0 Å². The number of carbonyl (C=O) groups is 1. The first-order chi connectivity index (χ1) is 12.6. The molecule has 0 saturated carbocycles. The van der Waals surface area contributed by atoms with Crippen molar-refractivity contribution in [3.8, 4) is 11.5 Å². The van der Waals surface area contributed by atoms with Crippen molar-refractivity contribution < 1.29 is 14.3 Å². The molecule has 3 rings (SSSR count). The zero-order valence-corrected chi connectivity index (χ0v) is 15.7. The van der Waals surface area contributed by atoms with E-state index in [1.807, 2.05) is 48.5 Å². The first-order valence-electron chi connectivity index (χ1n) is 8.23. The Morgan fingerprint density at radius 1 is 1.08 bits per heavy atom. The van der Waals surface area contributed by atoms with E-state index in [9.17, 15) is 4.79 Å². The van der Waals surface area contributed by atoms with Gasteiger partial charge in [-0.3, -0.25) is 4.79 Å².